The van der Waals surface area contributed by atoms with Gasteiger partial charge in [-0.1, -0.05) is 6.07 Å². The average Bonchev–Trinajstić information content (AvgIpc) is 2.66. The lowest BCUT2D eigenvalue weighted by atomic mass is 10.1. The van der Waals surface area contributed by atoms with Crippen molar-refractivity contribution in [2.24, 2.45) is 0 Å². The Labute approximate surface area is 112 Å². The Morgan fingerprint density at radius 2 is 2.05 bits per heavy atom. The van der Waals surface area contributed by atoms with E-state index in [0.29, 0.717) is 12.1 Å². The molecule has 4 nitrogen and oxygen atoms in total. The third-order valence-corrected chi connectivity index (χ3v) is 3.48. The highest BCUT2D eigenvalue weighted by molar-refractivity contribution is 5.38. The lowest BCUT2D eigenvalue weighted by Gasteiger charge is -2.08. The second-order valence-electron chi connectivity index (χ2n) is 4.72. The van der Waals surface area contributed by atoms with Crippen molar-refractivity contribution >= 4 is 0 Å². The smallest absolute Gasteiger partial charge is 0.0991 e. The van der Waals surface area contributed by atoms with Gasteiger partial charge in [0.05, 0.1) is 30.5 Å². The minimum absolute atomic E-state index is 0.0179. The highest BCUT2D eigenvalue weighted by Crippen LogP contribution is 2.17. The van der Waals surface area contributed by atoms with Crippen LogP contribution in [0.4, 0.5) is 0 Å². The maximum atomic E-state index is 9.31. The molecule has 0 saturated heterocycles. The Hall–Kier alpha value is -2.12. The summed E-state index contributed by atoms with van der Waals surface area (Å²) in [5, 5.41) is 22.6. The summed E-state index contributed by atoms with van der Waals surface area (Å²) in [6.07, 6.45) is 0. The van der Waals surface area contributed by atoms with Crippen LogP contribution in [0.2, 0.25) is 0 Å². The lowest BCUT2D eigenvalue weighted by molar-refractivity contribution is 0.280. The molecule has 0 fully saturated rings. The third kappa shape index (κ3) is 2.51. The maximum absolute atomic E-state index is 9.31. The van der Waals surface area contributed by atoms with Crippen molar-refractivity contribution in [3.05, 3.63) is 51.8 Å². The van der Waals surface area contributed by atoms with E-state index in [9.17, 15) is 5.11 Å². The highest BCUT2D eigenvalue weighted by Gasteiger charge is 2.11. The topological polar surface area (TPSA) is 61.8 Å². The molecule has 0 unspecified atom stereocenters. The standard InChI is InChI=1S/C15H17N3O/c1-10-6-13(7-16)4-5-14(10)8-18-12(3)15(9-19)11(2)17-18/h4-6,19H,8-9H2,1-3H3. The van der Waals surface area contributed by atoms with E-state index in [1.165, 1.54) is 0 Å². The van der Waals surface area contributed by atoms with Crippen LogP contribution in [0.15, 0.2) is 18.2 Å². The summed E-state index contributed by atoms with van der Waals surface area (Å²) >= 11 is 0. The molecule has 1 aromatic carbocycles. The number of aliphatic hydroxyl groups excluding tert-OH is 1. The van der Waals surface area contributed by atoms with Gasteiger partial charge in [-0.3, -0.25) is 4.68 Å². The molecule has 1 aromatic heterocycles. The van der Waals surface area contributed by atoms with E-state index in [-0.39, 0.29) is 6.61 Å². The van der Waals surface area contributed by atoms with Crippen LogP contribution in [0, 0.1) is 32.1 Å². The number of aryl methyl sites for hydroxylation is 2. The maximum Gasteiger partial charge on any atom is 0.0991 e. The Balaban J connectivity index is 2.34. The van der Waals surface area contributed by atoms with E-state index in [1.54, 1.807) is 0 Å². The van der Waals surface area contributed by atoms with E-state index in [1.807, 2.05) is 43.7 Å². The highest BCUT2D eigenvalue weighted by atomic mass is 16.3. The van der Waals surface area contributed by atoms with Crippen LogP contribution < -0.4 is 0 Å². The Morgan fingerprint density at radius 1 is 1.32 bits per heavy atom. The van der Waals surface area contributed by atoms with Crippen LogP contribution in [0.5, 0.6) is 0 Å². The number of aliphatic hydroxyl groups is 1. The Morgan fingerprint density at radius 3 is 2.58 bits per heavy atom. The molecule has 0 amide bonds. The molecule has 1 heterocycles. The summed E-state index contributed by atoms with van der Waals surface area (Å²) < 4.78 is 1.90. The number of benzene rings is 1. The SMILES string of the molecule is Cc1cc(C#N)ccc1Cn1nc(C)c(CO)c1C. The first-order valence-electron chi connectivity index (χ1n) is 6.20. The summed E-state index contributed by atoms with van der Waals surface area (Å²) in [6, 6.07) is 7.80. The second kappa shape index (κ2) is 5.25. The van der Waals surface area contributed by atoms with Crippen molar-refractivity contribution in [1.29, 1.82) is 5.26 Å². The van der Waals surface area contributed by atoms with Gasteiger partial charge in [-0.25, -0.2) is 0 Å². The van der Waals surface area contributed by atoms with Crippen molar-refractivity contribution in [2.45, 2.75) is 33.9 Å². The molecule has 0 atom stereocenters. The number of hydrogen-bond donors (Lipinski definition) is 1. The van der Waals surface area contributed by atoms with Gasteiger partial charge in [0.2, 0.25) is 0 Å². The molecule has 4 heteroatoms. The molecule has 19 heavy (non-hydrogen) atoms. The molecular formula is C15H17N3O. The summed E-state index contributed by atoms with van der Waals surface area (Å²) in [4.78, 5) is 0. The first-order valence-corrected chi connectivity index (χ1v) is 6.20. The van der Waals surface area contributed by atoms with Crippen molar-refractivity contribution < 1.29 is 5.11 Å². The molecule has 98 valence electrons. The van der Waals surface area contributed by atoms with Gasteiger partial charge >= 0.3 is 0 Å². The minimum atomic E-state index is 0.0179. The van der Waals surface area contributed by atoms with Gasteiger partial charge in [0.1, 0.15) is 0 Å². The molecule has 0 radical (unpaired) electrons. The van der Waals surface area contributed by atoms with Crippen molar-refractivity contribution in [2.75, 3.05) is 0 Å². The molecule has 0 bridgehead atoms. The zero-order valence-electron chi connectivity index (χ0n) is 11.4. The molecule has 2 rings (SSSR count). The molecule has 2 aromatic rings. The van der Waals surface area contributed by atoms with Gasteiger partial charge in [-0.2, -0.15) is 10.4 Å². The van der Waals surface area contributed by atoms with Crippen LogP contribution in [-0.4, -0.2) is 14.9 Å². The summed E-state index contributed by atoms with van der Waals surface area (Å²) in [7, 11) is 0. The lowest BCUT2D eigenvalue weighted by Crippen LogP contribution is -2.06. The summed E-state index contributed by atoms with van der Waals surface area (Å²) in [6.45, 7) is 6.54. The molecule has 0 aliphatic heterocycles. The van der Waals surface area contributed by atoms with Gasteiger partial charge in [-0.15, -0.1) is 0 Å². The van der Waals surface area contributed by atoms with Gasteiger partial charge in [0.15, 0.2) is 0 Å². The number of rotatable bonds is 3. The fraction of sp³-hybridized carbons (Fsp3) is 0.333. The fourth-order valence-electron chi connectivity index (χ4n) is 2.22. The first kappa shape index (κ1) is 13.3. The van der Waals surface area contributed by atoms with E-state index in [4.69, 9.17) is 5.26 Å². The zero-order valence-corrected chi connectivity index (χ0v) is 11.4. The molecule has 0 saturated carbocycles. The Kier molecular flexibility index (Phi) is 3.68. The predicted octanol–water partition coefficient (Wildman–Crippen LogP) is 2.22. The molecule has 1 N–H and O–H groups in total. The number of nitrogens with zero attached hydrogens (tertiary/aromatic N) is 3. The molecule has 0 spiro atoms. The molecular weight excluding hydrogens is 238 g/mol. The van der Waals surface area contributed by atoms with Gasteiger partial charge < -0.3 is 5.11 Å². The van der Waals surface area contributed by atoms with E-state index in [2.05, 4.69) is 11.2 Å². The second-order valence-corrected chi connectivity index (χ2v) is 4.72. The third-order valence-electron chi connectivity index (χ3n) is 3.48. The first-order chi connectivity index (χ1) is 9.06. The normalized spacial score (nSPS) is 10.5. The quantitative estimate of drug-likeness (QED) is 0.914. The van der Waals surface area contributed by atoms with Gasteiger partial charge in [0, 0.05) is 11.3 Å². The number of aromatic nitrogens is 2. The van der Waals surface area contributed by atoms with Crippen LogP contribution in [0.3, 0.4) is 0 Å². The van der Waals surface area contributed by atoms with Crippen LogP contribution in [0.25, 0.3) is 0 Å². The van der Waals surface area contributed by atoms with Gasteiger partial charge in [0.25, 0.3) is 0 Å². The number of hydrogen-bond acceptors (Lipinski definition) is 3. The molecule has 0 aliphatic rings. The fourth-order valence-corrected chi connectivity index (χ4v) is 2.22. The van der Waals surface area contributed by atoms with Crippen LogP contribution in [-0.2, 0) is 13.2 Å². The zero-order chi connectivity index (χ0) is 14.0. The van der Waals surface area contributed by atoms with E-state index in [0.717, 1.165) is 28.1 Å². The largest absolute Gasteiger partial charge is 0.392 e. The number of nitriles is 1. The minimum Gasteiger partial charge on any atom is -0.392 e. The van der Waals surface area contributed by atoms with E-state index < -0.39 is 0 Å². The monoisotopic (exact) mass is 255 g/mol. The van der Waals surface area contributed by atoms with Crippen molar-refractivity contribution in [3.63, 3.8) is 0 Å². The van der Waals surface area contributed by atoms with Crippen molar-refractivity contribution in [1.82, 2.24) is 9.78 Å². The summed E-state index contributed by atoms with van der Waals surface area (Å²) in [5.74, 6) is 0. The average molecular weight is 255 g/mol. The van der Waals surface area contributed by atoms with Gasteiger partial charge in [-0.05, 0) is 44.0 Å². The van der Waals surface area contributed by atoms with E-state index >= 15 is 0 Å². The molecule has 0 aliphatic carbocycles. The Bertz CT molecular complexity index is 650. The van der Waals surface area contributed by atoms with Crippen LogP contribution in [0.1, 0.15) is 33.6 Å². The van der Waals surface area contributed by atoms with Crippen LogP contribution >= 0.6 is 0 Å². The predicted molar refractivity (Wildman–Crippen MR) is 72.6 cm³/mol. The summed E-state index contributed by atoms with van der Waals surface area (Å²) in [5.41, 5.74) is 5.64. The van der Waals surface area contributed by atoms with Crippen molar-refractivity contribution in [3.8, 4) is 6.07 Å².